The number of aromatic nitrogens is 5. The Morgan fingerprint density at radius 3 is 2.32 bits per heavy atom. The molecule has 65 heavy (non-hydrogen) atoms. The van der Waals surface area contributed by atoms with Crippen LogP contribution in [-0.2, 0) is 41.6 Å². The highest BCUT2D eigenvalue weighted by atomic mass is 35.5. The van der Waals surface area contributed by atoms with Crippen LogP contribution in [0.4, 0.5) is 5.69 Å². The molecule has 9 rings (SSSR count). The van der Waals surface area contributed by atoms with Crippen LogP contribution < -0.4 is 41.3 Å². The maximum atomic E-state index is 15.6. The summed E-state index contributed by atoms with van der Waals surface area (Å²) in [7, 11) is 6.10. The van der Waals surface area contributed by atoms with Gasteiger partial charge in [0, 0.05) is 48.6 Å². The number of anilines is 1. The number of rotatable bonds is 13. The molecule has 4 heterocycles. The second-order valence-electron chi connectivity index (χ2n) is 15.9. The number of methoxy groups -OCH3 is 3. The molecule has 4 aromatic carbocycles. The van der Waals surface area contributed by atoms with E-state index in [2.05, 4.69) is 10.4 Å². The Kier molecular flexibility index (Phi) is 11.3. The minimum absolute atomic E-state index is 0.0610. The molecule has 17 nitrogen and oxygen atoms in total. The van der Waals surface area contributed by atoms with Crippen molar-refractivity contribution in [3.05, 3.63) is 149 Å². The number of ether oxygens (including phenoxy) is 4. The lowest BCUT2D eigenvalue weighted by Gasteiger charge is -2.49. The minimum atomic E-state index is -1.67. The van der Waals surface area contributed by atoms with E-state index in [1.165, 1.54) is 41.3 Å². The Morgan fingerprint density at radius 1 is 0.877 bits per heavy atom. The largest absolute Gasteiger partial charge is 0.497 e. The maximum absolute atomic E-state index is 15.6. The molecule has 1 aliphatic carbocycles. The molecule has 4 atom stereocenters. The molecule has 2 aliphatic heterocycles. The number of hydrazine groups is 1. The van der Waals surface area contributed by atoms with Crippen LogP contribution in [0.25, 0.3) is 11.0 Å². The van der Waals surface area contributed by atoms with Gasteiger partial charge in [0.25, 0.3) is 17.4 Å². The molecule has 2 amide bonds. The predicted molar refractivity (Wildman–Crippen MR) is 240 cm³/mol. The van der Waals surface area contributed by atoms with Crippen LogP contribution in [0.5, 0.6) is 23.0 Å². The number of carbonyl (C=O) groups is 2. The number of aliphatic hydroxyl groups is 1. The van der Waals surface area contributed by atoms with Crippen LogP contribution in [-0.4, -0.2) is 80.0 Å². The summed E-state index contributed by atoms with van der Waals surface area (Å²) in [6.07, 6.45) is 1.69. The van der Waals surface area contributed by atoms with E-state index >= 15 is 9.59 Å². The second kappa shape index (κ2) is 17.0. The number of hydrogen-bond donors (Lipinski definition) is 2. The van der Waals surface area contributed by atoms with Gasteiger partial charge in [-0.1, -0.05) is 59.6 Å². The number of hydrogen-bond acceptors (Lipinski definition) is 12. The van der Waals surface area contributed by atoms with Crippen LogP contribution in [0.2, 0.25) is 10.0 Å². The summed E-state index contributed by atoms with van der Waals surface area (Å²) in [5.74, 6) is -1.62. The summed E-state index contributed by atoms with van der Waals surface area (Å²) in [6.45, 7) is -0.619. The number of benzene rings is 4. The first-order chi connectivity index (χ1) is 31.4. The third-order valence-electron chi connectivity index (χ3n) is 12.7. The molecule has 1 saturated heterocycles. The summed E-state index contributed by atoms with van der Waals surface area (Å²) < 4.78 is 27.7. The Hall–Kier alpha value is -6.82. The zero-order chi connectivity index (χ0) is 45.9. The van der Waals surface area contributed by atoms with Gasteiger partial charge in [-0.2, -0.15) is 5.01 Å². The van der Waals surface area contributed by atoms with Gasteiger partial charge in [-0.05, 0) is 54.0 Å². The summed E-state index contributed by atoms with van der Waals surface area (Å²) >= 11 is 12.8. The Labute approximate surface area is 380 Å². The molecule has 0 radical (unpaired) electrons. The Bertz CT molecular complexity index is 3120. The van der Waals surface area contributed by atoms with E-state index in [9.17, 15) is 19.5 Å². The number of imide groups is 1. The molecule has 2 fully saturated rings. The van der Waals surface area contributed by atoms with E-state index in [1.54, 1.807) is 79.8 Å². The Balaban J connectivity index is 1.19. The van der Waals surface area contributed by atoms with E-state index in [0.29, 0.717) is 55.8 Å². The minimum Gasteiger partial charge on any atom is -0.497 e. The van der Waals surface area contributed by atoms with Gasteiger partial charge < -0.3 is 28.6 Å². The lowest BCUT2D eigenvalue weighted by molar-refractivity contribution is -0.138. The highest BCUT2D eigenvalue weighted by Gasteiger charge is 2.69. The van der Waals surface area contributed by atoms with Crippen molar-refractivity contribution in [3.8, 4) is 23.0 Å². The highest BCUT2D eigenvalue weighted by molar-refractivity contribution is 6.36. The van der Waals surface area contributed by atoms with Crippen molar-refractivity contribution in [1.82, 2.24) is 28.5 Å². The third kappa shape index (κ3) is 6.87. The number of nitrogens with one attached hydrogen (secondary N) is 1. The van der Waals surface area contributed by atoms with E-state index in [1.807, 2.05) is 6.08 Å². The van der Waals surface area contributed by atoms with E-state index in [0.717, 1.165) is 9.58 Å². The summed E-state index contributed by atoms with van der Waals surface area (Å²) in [5, 5.41) is 11.3. The van der Waals surface area contributed by atoms with Crippen molar-refractivity contribution in [2.24, 2.45) is 13.0 Å². The summed E-state index contributed by atoms with van der Waals surface area (Å²) in [4.78, 5) is 78.1. The van der Waals surface area contributed by atoms with Crippen molar-refractivity contribution < 1.29 is 33.6 Å². The topological polar surface area (TPSA) is 190 Å². The van der Waals surface area contributed by atoms with Crippen LogP contribution in [0.3, 0.4) is 0 Å². The molecule has 1 saturated carbocycles. The van der Waals surface area contributed by atoms with Gasteiger partial charge in [0.1, 0.15) is 23.8 Å². The van der Waals surface area contributed by atoms with Crippen LogP contribution in [0, 0.1) is 5.92 Å². The number of amides is 2. The lowest BCUT2D eigenvalue weighted by atomic mass is 9.53. The highest BCUT2D eigenvalue weighted by Crippen LogP contribution is 2.63. The normalized spacial score (nSPS) is 20.0. The van der Waals surface area contributed by atoms with Crippen molar-refractivity contribution in [2.75, 3.05) is 40.0 Å². The SMILES string of the molecule is COc1ccc(C23C(=O)N(Nc4ccc(Cl)cc4Cl)C(=O)C2CC2C(=CCn4c(=O)n(CCc5nc6cc(OC)c(OC)cc6n(C)c5=O)c(=O)n42)C3c2ccccc2OCCO)cc1. The summed E-state index contributed by atoms with van der Waals surface area (Å²) in [6, 6.07) is 21.0. The quantitative estimate of drug-likeness (QED) is 0.121. The smallest absolute Gasteiger partial charge is 0.347 e. The molecule has 4 unspecified atom stereocenters. The van der Waals surface area contributed by atoms with Gasteiger partial charge in [-0.25, -0.2) is 28.5 Å². The van der Waals surface area contributed by atoms with Gasteiger partial charge in [-0.3, -0.25) is 19.8 Å². The number of halogens is 2. The van der Waals surface area contributed by atoms with Crippen molar-refractivity contribution in [1.29, 1.82) is 0 Å². The average Bonchev–Trinajstić information content (AvgIpc) is 3.69. The van der Waals surface area contributed by atoms with E-state index in [4.69, 9.17) is 42.1 Å². The standard InChI is InChI=1S/C46H43Cl2N7O10/c1-51-36-24-39(64-4)38(63-3)23-34(36)49-33(42(51)58)16-17-52-44(60)53-18-15-28-35(55(53)45(52)61)22-30-41(57)54(50-32-14-11-26(47)21-31(32)48)43(59)46(30,25-9-12-27(62-2)13-10-25)40(28)29-7-5-6-8-37(29)65-20-19-56/h5-15,21,23-24,30,35,40,50,56H,16-20,22H2,1-4H3. The van der Waals surface area contributed by atoms with Crippen molar-refractivity contribution >= 4 is 51.7 Å². The lowest BCUT2D eigenvalue weighted by Crippen LogP contribution is -2.53. The molecule has 3 aliphatic rings. The van der Waals surface area contributed by atoms with E-state index < -0.39 is 52.0 Å². The third-order valence-corrected chi connectivity index (χ3v) is 13.3. The number of carbonyl (C=O) groups excluding carboxylic acids is 2. The molecule has 336 valence electrons. The van der Waals surface area contributed by atoms with Crippen LogP contribution >= 0.6 is 23.2 Å². The van der Waals surface area contributed by atoms with Gasteiger partial charge in [0.15, 0.2) is 11.5 Å². The number of fused-ring (bicyclic) bond motifs is 5. The first-order valence-electron chi connectivity index (χ1n) is 20.7. The second-order valence-corrected chi connectivity index (χ2v) is 16.7. The molecular formula is C46H43Cl2N7O10. The van der Waals surface area contributed by atoms with Gasteiger partial charge >= 0.3 is 11.4 Å². The zero-order valence-electron chi connectivity index (χ0n) is 35.6. The van der Waals surface area contributed by atoms with Gasteiger partial charge in [0.2, 0.25) is 0 Å². The number of aliphatic hydroxyl groups excluding tert-OH is 1. The number of para-hydroxylation sites is 1. The summed E-state index contributed by atoms with van der Waals surface area (Å²) in [5.41, 5.74) is 2.51. The van der Waals surface area contributed by atoms with Crippen molar-refractivity contribution in [3.63, 3.8) is 0 Å². The number of aryl methyl sites for hydroxylation is 2. The van der Waals surface area contributed by atoms with Crippen molar-refractivity contribution in [2.45, 2.75) is 43.3 Å². The first-order valence-corrected chi connectivity index (χ1v) is 21.4. The first kappa shape index (κ1) is 43.4. The fourth-order valence-electron chi connectivity index (χ4n) is 9.78. The zero-order valence-corrected chi connectivity index (χ0v) is 37.1. The maximum Gasteiger partial charge on any atom is 0.347 e. The van der Waals surface area contributed by atoms with Gasteiger partial charge in [-0.15, -0.1) is 0 Å². The molecule has 0 spiro atoms. The fourth-order valence-corrected chi connectivity index (χ4v) is 10.2. The molecule has 0 bridgehead atoms. The molecule has 2 N–H and O–H groups in total. The number of nitrogens with zero attached hydrogens (tertiary/aromatic N) is 6. The monoisotopic (exact) mass is 923 g/mol. The molecule has 2 aromatic heterocycles. The molecule has 19 heteroatoms. The molecular weight excluding hydrogens is 881 g/mol. The average molecular weight is 925 g/mol. The van der Waals surface area contributed by atoms with Crippen LogP contribution in [0.15, 0.2) is 105 Å². The van der Waals surface area contributed by atoms with Gasteiger partial charge in [0.05, 0.1) is 73.6 Å². The van der Waals surface area contributed by atoms with E-state index in [-0.39, 0.29) is 55.5 Å². The number of allylic oxidation sites excluding steroid dienone is 2. The molecule has 6 aromatic rings. The predicted octanol–water partition coefficient (Wildman–Crippen LogP) is 4.62. The Morgan fingerprint density at radius 2 is 1.62 bits per heavy atom. The van der Waals surface area contributed by atoms with Crippen LogP contribution in [0.1, 0.15) is 35.2 Å². The fraction of sp³-hybridized carbons (Fsp3) is 0.304.